The second-order valence-electron chi connectivity index (χ2n) is 4.03. The fourth-order valence-corrected chi connectivity index (χ4v) is 2.49. The van der Waals surface area contributed by atoms with E-state index in [0.717, 1.165) is 5.56 Å². The van der Waals surface area contributed by atoms with Crippen LogP contribution < -0.4 is 5.32 Å². The highest BCUT2D eigenvalue weighted by Gasteiger charge is 2.20. The fourth-order valence-electron chi connectivity index (χ4n) is 1.57. The zero-order valence-electron chi connectivity index (χ0n) is 11.3. The Labute approximate surface area is 119 Å². The average Bonchev–Trinajstić information content (AvgIpc) is 3.06. The number of aryl methyl sites for hydroxylation is 2. The summed E-state index contributed by atoms with van der Waals surface area (Å²) in [6.45, 7) is 3.70. The van der Waals surface area contributed by atoms with Crippen LogP contribution in [0.3, 0.4) is 0 Å². The van der Waals surface area contributed by atoms with Gasteiger partial charge >= 0.3 is 5.97 Å². The summed E-state index contributed by atoms with van der Waals surface area (Å²) in [5.74, 6) is -0.274. The molecule has 0 aliphatic heterocycles. The number of H-pyrrole nitrogens is 1. The third kappa shape index (κ3) is 2.69. The van der Waals surface area contributed by atoms with Gasteiger partial charge in [0.25, 0.3) is 5.91 Å². The molecule has 0 fully saturated rings. The van der Waals surface area contributed by atoms with E-state index in [2.05, 4.69) is 25.2 Å². The van der Waals surface area contributed by atoms with Crippen molar-refractivity contribution in [3.8, 4) is 0 Å². The first-order chi connectivity index (χ1) is 9.56. The molecular formula is C12H14N4O3S. The standard InChI is InChI=1S/C12H14N4O3S/c1-4-7-13-10(16-15-7)11(17)14-8-6(2)5-20-9(8)12(18)19-3/h5H,4H2,1-3H3,(H,14,17)(H,13,15,16). The molecule has 2 aromatic rings. The van der Waals surface area contributed by atoms with E-state index in [1.54, 1.807) is 12.3 Å². The Morgan fingerprint density at radius 2 is 2.25 bits per heavy atom. The number of methoxy groups -OCH3 is 1. The van der Waals surface area contributed by atoms with Crippen molar-refractivity contribution in [3.63, 3.8) is 0 Å². The topological polar surface area (TPSA) is 97.0 Å². The molecule has 106 valence electrons. The minimum absolute atomic E-state index is 0.0447. The molecule has 2 rings (SSSR count). The summed E-state index contributed by atoms with van der Waals surface area (Å²) in [6, 6.07) is 0. The summed E-state index contributed by atoms with van der Waals surface area (Å²) in [6.07, 6.45) is 0.658. The first-order valence-corrected chi connectivity index (χ1v) is 6.83. The molecule has 2 heterocycles. The van der Waals surface area contributed by atoms with Crippen molar-refractivity contribution in [2.45, 2.75) is 20.3 Å². The molecule has 7 nitrogen and oxygen atoms in total. The number of carbonyl (C=O) groups excluding carboxylic acids is 2. The van der Waals surface area contributed by atoms with E-state index in [1.165, 1.54) is 18.4 Å². The number of esters is 1. The van der Waals surface area contributed by atoms with Crippen molar-refractivity contribution in [1.82, 2.24) is 15.2 Å². The van der Waals surface area contributed by atoms with Crippen LogP contribution in [0.2, 0.25) is 0 Å². The van der Waals surface area contributed by atoms with Gasteiger partial charge in [0.1, 0.15) is 10.7 Å². The van der Waals surface area contributed by atoms with Crippen LogP contribution in [0.1, 0.15) is 38.6 Å². The molecule has 1 amide bonds. The van der Waals surface area contributed by atoms with Gasteiger partial charge in [0.05, 0.1) is 12.8 Å². The molecule has 2 aromatic heterocycles. The maximum Gasteiger partial charge on any atom is 0.350 e. The summed E-state index contributed by atoms with van der Waals surface area (Å²) >= 11 is 1.22. The van der Waals surface area contributed by atoms with Crippen molar-refractivity contribution < 1.29 is 14.3 Å². The van der Waals surface area contributed by atoms with Gasteiger partial charge in [-0.1, -0.05) is 6.92 Å². The van der Waals surface area contributed by atoms with Crippen LogP contribution in [0.25, 0.3) is 0 Å². The van der Waals surface area contributed by atoms with E-state index < -0.39 is 11.9 Å². The number of amides is 1. The lowest BCUT2D eigenvalue weighted by Crippen LogP contribution is -2.16. The lowest BCUT2D eigenvalue weighted by atomic mass is 10.2. The summed E-state index contributed by atoms with van der Waals surface area (Å²) in [5.41, 5.74) is 1.23. The lowest BCUT2D eigenvalue weighted by Gasteiger charge is -2.04. The van der Waals surface area contributed by atoms with Crippen molar-refractivity contribution in [2.75, 3.05) is 12.4 Å². The number of hydrogen-bond donors (Lipinski definition) is 2. The number of thiophene rings is 1. The molecule has 0 aromatic carbocycles. The third-order valence-electron chi connectivity index (χ3n) is 2.65. The zero-order chi connectivity index (χ0) is 14.7. The van der Waals surface area contributed by atoms with Crippen molar-refractivity contribution >= 4 is 28.9 Å². The first-order valence-electron chi connectivity index (χ1n) is 5.95. The van der Waals surface area contributed by atoms with E-state index in [1.807, 2.05) is 6.92 Å². The summed E-state index contributed by atoms with van der Waals surface area (Å²) in [7, 11) is 1.30. The normalized spacial score (nSPS) is 10.3. The Kier molecular flexibility index (Phi) is 4.14. The number of nitrogens with one attached hydrogen (secondary N) is 2. The van der Waals surface area contributed by atoms with Crippen LogP contribution in [0.5, 0.6) is 0 Å². The Bertz CT molecular complexity index is 647. The zero-order valence-corrected chi connectivity index (χ0v) is 12.1. The van der Waals surface area contributed by atoms with Crippen LogP contribution in [0.15, 0.2) is 5.38 Å². The summed E-state index contributed by atoms with van der Waals surface area (Å²) in [4.78, 5) is 28.1. The van der Waals surface area contributed by atoms with Gasteiger partial charge < -0.3 is 10.1 Å². The lowest BCUT2D eigenvalue weighted by molar-refractivity contribution is 0.0607. The number of ether oxygens (including phenoxy) is 1. The van der Waals surface area contributed by atoms with Crippen LogP contribution in [-0.4, -0.2) is 34.2 Å². The number of aromatic nitrogens is 3. The van der Waals surface area contributed by atoms with Crippen LogP contribution in [0.4, 0.5) is 5.69 Å². The average molecular weight is 294 g/mol. The van der Waals surface area contributed by atoms with E-state index in [9.17, 15) is 9.59 Å². The molecule has 0 aliphatic rings. The molecule has 2 N–H and O–H groups in total. The van der Waals surface area contributed by atoms with Gasteiger partial charge in [-0.3, -0.25) is 9.89 Å². The van der Waals surface area contributed by atoms with Gasteiger partial charge in [-0.15, -0.1) is 16.4 Å². The molecule has 0 saturated heterocycles. The van der Waals surface area contributed by atoms with Gasteiger partial charge in [0.15, 0.2) is 0 Å². The Balaban J connectivity index is 2.23. The van der Waals surface area contributed by atoms with E-state index in [-0.39, 0.29) is 5.82 Å². The monoisotopic (exact) mass is 294 g/mol. The number of anilines is 1. The number of rotatable bonds is 4. The number of aromatic amines is 1. The predicted octanol–water partition coefficient (Wildman–Crippen LogP) is 1.78. The Morgan fingerprint density at radius 3 is 2.85 bits per heavy atom. The van der Waals surface area contributed by atoms with Crippen molar-refractivity contribution in [3.05, 3.63) is 27.5 Å². The molecule has 0 radical (unpaired) electrons. The molecule has 20 heavy (non-hydrogen) atoms. The van der Waals surface area contributed by atoms with Crippen molar-refractivity contribution in [1.29, 1.82) is 0 Å². The minimum Gasteiger partial charge on any atom is -0.465 e. The van der Waals surface area contributed by atoms with Crippen LogP contribution >= 0.6 is 11.3 Å². The highest BCUT2D eigenvalue weighted by atomic mass is 32.1. The number of hydrogen-bond acceptors (Lipinski definition) is 6. The smallest absolute Gasteiger partial charge is 0.350 e. The molecule has 8 heteroatoms. The minimum atomic E-state index is -0.484. The predicted molar refractivity (Wildman–Crippen MR) is 74.1 cm³/mol. The molecule has 0 spiro atoms. The van der Waals surface area contributed by atoms with Crippen LogP contribution in [0, 0.1) is 6.92 Å². The van der Waals surface area contributed by atoms with Crippen LogP contribution in [-0.2, 0) is 11.2 Å². The maximum absolute atomic E-state index is 12.1. The molecule has 0 unspecified atom stereocenters. The van der Waals surface area contributed by atoms with Crippen molar-refractivity contribution in [2.24, 2.45) is 0 Å². The van der Waals surface area contributed by atoms with E-state index in [4.69, 9.17) is 0 Å². The molecular weight excluding hydrogens is 280 g/mol. The SMILES string of the molecule is CCc1nc(C(=O)Nc2c(C)csc2C(=O)OC)n[nH]1. The molecule has 0 atom stereocenters. The van der Waals surface area contributed by atoms with Gasteiger partial charge in [-0.25, -0.2) is 9.78 Å². The van der Waals surface area contributed by atoms with E-state index in [0.29, 0.717) is 22.8 Å². The second-order valence-corrected chi connectivity index (χ2v) is 4.91. The maximum atomic E-state index is 12.1. The third-order valence-corrected chi connectivity index (χ3v) is 3.73. The van der Waals surface area contributed by atoms with Gasteiger partial charge in [-0.05, 0) is 17.9 Å². The highest BCUT2D eigenvalue weighted by molar-refractivity contribution is 7.12. The fraction of sp³-hybridized carbons (Fsp3) is 0.333. The quantitative estimate of drug-likeness (QED) is 0.838. The van der Waals surface area contributed by atoms with Gasteiger partial charge in [0.2, 0.25) is 5.82 Å². The van der Waals surface area contributed by atoms with E-state index >= 15 is 0 Å². The Hall–Kier alpha value is -2.22. The number of nitrogens with zero attached hydrogens (tertiary/aromatic N) is 2. The Morgan fingerprint density at radius 1 is 1.50 bits per heavy atom. The van der Waals surface area contributed by atoms with Gasteiger partial charge in [0, 0.05) is 6.42 Å². The summed E-state index contributed by atoms with van der Waals surface area (Å²) in [5, 5.41) is 10.9. The number of carbonyl (C=O) groups is 2. The first kappa shape index (κ1) is 14.2. The second kappa shape index (κ2) is 5.83. The molecule has 0 bridgehead atoms. The molecule has 0 saturated carbocycles. The molecule has 0 aliphatic carbocycles. The highest BCUT2D eigenvalue weighted by Crippen LogP contribution is 2.28. The van der Waals surface area contributed by atoms with Gasteiger partial charge in [-0.2, -0.15) is 0 Å². The largest absolute Gasteiger partial charge is 0.465 e. The summed E-state index contributed by atoms with van der Waals surface area (Å²) < 4.78 is 4.68.